The molecule has 2 heterocycles. The number of alkyl halides is 3. The minimum Gasteiger partial charge on any atom is -0.364 e. The number of nitrogens with one attached hydrogen (secondary N) is 2. The number of hydrogen-bond donors (Lipinski definition) is 2. The van der Waals surface area contributed by atoms with Crippen molar-refractivity contribution in [3.8, 4) is 0 Å². The highest BCUT2D eigenvalue weighted by molar-refractivity contribution is 6.34. The fraction of sp³-hybridized carbons (Fsp3) is 0.308. The molecule has 23 heavy (non-hydrogen) atoms. The smallest absolute Gasteiger partial charge is 0.364 e. The summed E-state index contributed by atoms with van der Waals surface area (Å²) < 4.78 is 39.6. The van der Waals surface area contributed by atoms with E-state index in [2.05, 4.69) is 15.3 Å². The normalized spacial score (nSPS) is 20.2. The van der Waals surface area contributed by atoms with Crippen LogP contribution in [-0.2, 0) is 11.2 Å². The van der Waals surface area contributed by atoms with Gasteiger partial charge in [-0.25, -0.2) is 0 Å². The number of carbonyl (C=O) groups excluding carboxylic acids is 1. The third-order valence-corrected chi connectivity index (χ3v) is 3.61. The monoisotopic (exact) mass is 366 g/mol. The van der Waals surface area contributed by atoms with Crippen LogP contribution in [-0.4, -0.2) is 35.4 Å². The van der Waals surface area contributed by atoms with Gasteiger partial charge in [0.1, 0.15) is 0 Å². The zero-order valence-electron chi connectivity index (χ0n) is 11.5. The second kappa shape index (κ2) is 6.76. The summed E-state index contributed by atoms with van der Waals surface area (Å²) in [6.45, 7) is -0.0791. The summed E-state index contributed by atoms with van der Waals surface area (Å²) in [7, 11) is 0. The first-order chi connectivity index (χ1) is 10.8. The highest BCUT2D eigenvalue weighted by atomic mass is 35.5. The SMILES string of the molecule is O=C(NCCc1ncc(Cl)cc1Cl)C1(C(F)(F)F)C=NC=CN1. The lowest BCUT2D eigenvalue weighted by molar-refractivity contribution is -0.180. The van der Waals surface area contributed by atoms with Crippen LogP contribution in [0.2, 0.25) is 10.0 Å². The van der Waals surface area contributed by atoms with E-state index in [1.807, 2.05) is 5.32 Å². The second-order valence-corrected chi connectivity index (χ2v) is 5.48. The van der Waals surface area contributed by atoms with Crippen LogP contribution in [0.5, 0.6) is 0 Å². The Hall–Kier alpha value is -1.80. The Kier molecular flexibility index (Phi) is 5.16. The van der Waals surface area contributed by atoms with Crippen molar-refractivity contribution in [1.29, 1.82) is 0 Å². The Morgan fingerprint density at radius 1 is 1.39 bits per heavy atom. The summed E-state index contributed by atoms with van der Waals surface area (Å²) in [5.41, 5.74) is -2.47. The number of rotatable bonds is 4. The maximum Gasteiger partial charge on any atom is 0.425 e. The maximum atomic E-state index is 13.2. The molecule has 1 aliphatic heterocycles. The lowest BCUT2D eigenvalue weighted by Gasteiger charge is -2.32. The van der Waals surface area contributed by atoms with E-state index in [1.54, 1.807) is 0 Å². The average Bonchev–Trinajstić information content (AvgIpc) is 2.49. The molecule has 0 radical (unpaired) electrons. The van der Waals surface area contributed by atoms with Crippen molar-refractivity contribution >= 4 is 35.3 Å². The van der Waals surface area contributed by atoms with Gasteiger partial charge >= 0.3 is 6.18 Å². The molecule has 0 aliphatic carbocycles. The summed E-state index contributed by atoms with van der Waals surface area (Å²) in [4.78, 5) is 19.4. The minimum absolute atomic E-state index is 0.0791. The van der Waals surface area contributed by atoms with E-state index >= 15 is 0 Å². The third-order valence-electron chi connectivity index (χ3n) is 3.08. The molecular weight excluding hydrogens is 356 g/mol. The Morgan fingerprint density at radius 3 is 2.70 bits per heavy atom. The number of nitrogens with zero attached hydrogens (tertiary/aromatic N) is 2. The van der Waals surface area contributed by atoms with Crippen molar-refractivity contribution in [3.63, 3.8) is 0 Å². The van der Waals surface area contributed by atoms with E-state index < -0.39 is 17.6 Å². The van der Waals surface area contributed by atoms with E-state index in [0.717, 1.165) is 12.4 Å². The molecule has 1 amide bonds. The number of amides is 1. The standard InChI is InChI=1S/C13H11Cl2F3N4O/c14-8-5-9(15)10(21-6-8)1-2-20-11(23)12(13(16,17)18)7-19-3-4-22-12/h3-7,22H,1-2H2,(H,20,23). The van der Waals surface area contributed by atoms with E-state index in [-0.39, 0.29) is 18.0 Å². The molecule has 2 N–H and O–H groups in total. The van der Waals surface area contributed by atoms with Gasteiger partial charge in [-0.05, 0) is 6.07 Å². The van der Waals surface area contributed by atoms with E-state index in [0.29, 0.717) is 16.9 Å². The molecule has 1 aromatic heterocycles. The zero-order chi connectivity index (χ0) is 17.1. The third kappa shape index (κ3) is 3.76. The maximum absolute atomic E-state index is 13.2. The molecule has 0 saturated heterocycles. The van der Waals surface area contributed by atoms with Gasteiger partial charge in [0.15, 0.2) is 0 Å². The largest absolute Gasteiger partial charge is 0.425 e. The number of carbonyl (C=O) groups is 1. The first-order valence-corrected chi connectivity index (χ1v) is 7.14. The van der Waals surface area contributed by atoms with Crippen molar-refractivity contribution < 1.29 is 18.0 Å². The molecule has 0 spiro atoms. The molecule has 10 heteroatoms. The molecule has 1 unspecified atom stereocenters. The Bertz CT molecular complexity index is 663. The molecule has 0 bridgehead atoms. The van der Waals surface area contributed by atoms with Crippen LogP contribution in [0.25, 0.3) is 0 Å². The first kappa shape index (κ1) is 17.6. The Balaban J connectivity index is 2.03. The van der Waals surface area contributed by atoms with E-state index in [4.69, 9.17) is 23.2 Å². The summed E-state index contributed by atoms with van der Waals surface area (Å²) in [6, 6.07) is 1.46. The Labute approximate surface area is 139 Å². The summed E-state index contributed by atoms with van der Waals surface area (Å²) >= 11 is 11.6. The van der Waals surface area contributed by atoms with E-state index in [1.165, 1.54) is 12.3 Å². The van der Waals surface area contributed by atoms with Gasteiger partial charge in [-0.1, -0.05) is 23.2 Å². The predicted molar refractivity (Wildman–Crippen MR) is 80.5 cm³/mol. The zero-order valence-corrected chi connectivity index (χ0v) is 13.0. The summed E-state index contributed by atoms with van der Waals surface area (Å²) in [5.74, 6) is -1.26. The number of pyridine rings is 1. The van der Waals surface area contributed by atoms with Gasteiger partial charge in [0.05, 0.1) is 15.7 Å². The fourth-order valence-corrected chi connectivity index (χ4v) is 2.35. The molecular formula is C13H11Cl2F3N4O. The second-order valence-electron chi connectivity index (χ2n) is 4.63. The summed E-state index contributed by atoms with van der Waals surface area (Å²) in [5, 5.41) is 4.84. The minimum atomic E-state index is -4.85. The molecule has 1 aromatic rings. The molecule has 5 nitrogen and oxygen atoms in total. The lowest BCUT2D eigenvalue weighted by Crippen LogP contribution is -2.66. The predicted octanol–water partition coefficient (Wildman–Crippen LogP) is 2.49. The average molecular weight is 367 g/mol. The van der Waals surface area contributed by atoms with Crippen molar-refractivity contribution in [1.82, 2.24) is 15.6 Å². The van der Waals surface area contributed by atoms with Crippen molar-refractivity contribution in [2.24, 2.45) is 4.99 Å². The van der Waals surface area contributed by atoms with Gasteiger partial charge in [-0.15, -0.1) is 0 Å². The summed E-state index contributed by atoms with van der Waals surface area (Å²) in [6.07, 6.45) is -0.721. The highest BCUT2D eigenvalue weighted by Crippen LogP contribution is 2.30. The number of aliphatic imine (C=N–C) groups is 1. The van der Waals surface area contributed by atoms with Crippen LogP contribution < -0.4 is 10.6 Å². The van der Waals surface area contributed by atoms with Gasteiger partial charge in [0, 0.05) is 37.8 Å². The number of aromatic nitrogens is 1. The van der Waals surface area contributed by atoms with Gasteiger partial charge in [0.2, 0.25) is 5.54 Å². The van der Waals surface area contributed by atoms with Crippen LogP contribution in [0.1, 0.15) is 5.69 Å². The number of halogens is 5. The van der Waals surface area contributed by atoms with Gasteiger partial charge in [-0.3, -0.25) is 14.8 Å². The first-order valence-electron chi connectivity index (χ1n) is 6.38. The molecule has 1 aliphatic rings. The van der Waals surface area contributed by atoms with Crippen molar-refractivity contribution in [2.75, 3.05) is 6.54 Å². The van der Waals surface area contributed by atoms with Crippen LogP contribution in [0, 0.1) is 0 Å². The quantitative estimate of drug-likeness (QED) is 0.860. The topological polar surface area (TPSA) is 66.4 Å². The van der Waals surface area contributed by atoms with Crippen LogP contribution in [0.3, 0.4) is 0 Å². The van der Waals surface area contributed by atoms with Gasteiger partial charge in [-0.2, -0.15) is 13.2 Å². The van der Waals surface area contributed by atoms with Crippen LogP contribution in [0.4, 0.5) is 13.2 Å². The van der Waals surface area contributed by atoms with Crippen molar-refractivity contribution in [3.05, 3.63) is 40.4 Å². The Morgan fingerprint density at radius 2 is 2.13 bits per heavy atom. The van der Waals surface area contributed by atoms with Crippen LogP contribution >= 0.6 is 23.2 Å². The molecule has 1 atom stereocenters. The lowest BCUT2D eigenvalue weighted by atomic mass is 9.98. The number of hydrogen-bond acceptors (Lipinski definition) is 4. The van der Waals surface area contributed by atoms with Crippen LogP contribution in [0.15, 0.2) is 29.7 Å². The molecule has 2 rings (SSSR count). The fourth-order valence-electron chi connectivity index (χ4n) is 1.87. The molecule has 0 fully saturated rings. The van der Waals surface area contributed by atoms with Gasteiger partial charge < -0.3 is 10.6 Å². The van der Waals surface area contributed by atoms with E-state index in [9.17, 15) is 18.0 Å². The molecule has 0 saturated carbocycles. The molecule has 0 aromatic carbocycles. The molecule has 124 valence electrons. The highest BCUT2D eigenvalue weighted by Gasteiger charge is 2.59. The van der Waals surface area contributed by atoms with Crippen molar-refractivity contribution in [2.45, 2.75) is 18.1 Å². The van der Waals surface area contributed by atoms with Gasteiger partial charge in [0.25, 0.3) is 5.91 Å².